The van der Waals surface area contributed by atoms with Gasteiger partial charge in [-0.15, -0.1) is 0 Å². The average molecular weight is 347 g/mol. The van der Waals surface area contributed by atoms with Crippen molar-refractivity contribution in [3.63, 3.8) is 0 Å². The number of piperazine rings is 1. The SMILES string of the molecule is CC[C@H](C(=O)NC1CCCCC1)N1CCN(c2ccc(F)cc2)CC1. The van der Waals surface area contributed by atoms with Gasteiger partial charge in [0.05, 0.1) is 6.04 Å². The van der Waals surface area contributed by atoms with Gasteiger partial charge in [-0.25, -0.2) is 4.39 Å². The van der Waals surface area contributed by atoms with E-state index in [0.29, 0.717) is 6.04 Å². The molecule has 1 saturated carbocycles. The van der Waals surface area contributed by atoms with E-state index in [2.05, 4.69) is 22.0 Å². The van der Waals surface area contributed by atoms with Crippen molar-refractivity contribution in [3.8, 4) is 0 Å². The van der Waals surface area contributed by atoms with Crippen LogP contribution in [0.25, 0.3) is 0 Å². The van der Waals surface area contributed by atoms with Gasteiger partial charge in [-0.1, -0.05) is 26.2 Å². The number of nitrogens with zero attached hydrogens (tertiary/aromatic N) is 2. The summed E-state index contributed by atoms with van der Waals surface area (Å²) in [6.07, 6.45) is 6.86. The molecule has 3 rings (SSSR count). The smallest absolute Gasteiger partial charge is 0.237 e. The maximum Gasteiger partial charge on any atom is 0.237 e. The molecule has 1 aromatic rings. The summed E-state index contributed by atoms with van der Waals surface area (Å²) in [5, 5.41) is 3.28. The zero-order chi connectivity index (χ0) is 17.6. The zero-order valence-electron chi connectivity index (χ0n) is 15.2. The van der Waals surface area contributed by atoms with E-state index in [1.54, 1.807) is 0 Å². The van der Waals surface area contributed by atoms with Crippen LogP contribution < -0.4 is 10.2 Å². The van der Waals surface area contributed by atoms with Gasteiger partial charge < -0.3 is 10.2 Å². The first-order valence-corrected chi connectivity index (χ1v) is 9.72. The molecule has 1 heterocycles. The van der Waals surface area contributed by atoms with E-state index in [9.17, 15) is 9.18 Å². The fraction of sp³-hybridized carbons (Fsp3) is 0.650. The summed E-state index contributed by atoms with van der Waals surface area (Å²) >= 11 is 0. The summed E-state index contributed by atoms with van der Waals surface area (Å²) in [6.45, 7) is 5.58. The van der Waals surface area contributed by atoms with Crippen molar-refractivity contribution < 1.29 is 9.18 Å². The van der Waals surface area contributed by atoms with Gasteiger partial charge in [0.25, 0.3) is 0 Å². The summed E-state index contributed by atoms with van der Waals surface area (Å²) in [7, 11) is 0. The van der Waals surface area contributed by atoms with Crippen LogP contribution in [0, 0.1) is 5.82 Å². The lowest BCUT2D eigenvalue weighted by atomic mass is 9.95. The highest BCUT2D eigenvalue weighted by Crippen LogP contribution is 2.20. The Labute approximate surface area is 150 Å². The van der Waals surface area contributed by atoms with E-state index in [-0.39, 0.29) is 17.8 Å². The van der Waals surface area contributed by atoms with Crippen LogP contribution in [0.4, 0.5) is 10.1 Å². The Balaban J connectivity index is 1.52. The van der Waals surface area contributed by atoms with E-state index in [1.165, 1.54) is 31.4 Å². The lowest BCUT2D eigenvalue weighted by Gasteiger charge is -2.40. The highest BCUT2D eigenvalue weighted by atomic mass is 19.1. The topological polar surface area (TPSA) is 35.6 Å². The van der Waals surface area contributed by atoms with Gasteiger partial charge in [0, 0.05) is 37.9 Å². The second-order valence-electron chi connectivity index (χ2n) is 7.27. The molecule has 2 aliphatic rings. The molecule has 1 N–H and O–H groups in total. The van der Waals surface area contributed by atoms with Gasteiger partial charge in [-0.05, 0) is 43.5 Å². The van der Waals surface area contributed by atoms with Crippen LogP contribution in [-0.2, 0) is 4.79 Å². The summed E-state index contributed by atoms with van der Waals surface area (Å²) in [6, 6.07) is 7.02. The maximum atomic E-state index is 13.1. The van der Waals surface area contributed by atoms with Crippen LogP contribution in [0.15, 0.2) is 24.3 Å². The molecule has 0 bridgehead atoms. The van der Waals surface area contributed by atoms with Crippen molar-refractivity contribution in [1.29, 1.82) is 0 Å². The number of amides is 1. The number of hydrogen-bond acceptors (Lipinski definition) is 3. The van der Waals surface area contributed by atoms with Crippen molar-refractivity contribution in [1.82, 2.24) is 10.2 Å². The molecule has 1 amide bonds. The van der Waals surface area contributed by atoms with Crippen molar-refractivity contribution in [2.24, 2.45) is 0 Å². The van der Waals surface area contributed by atoms with Gasteiger partial charge >= 0.3 is 0 Å². The first kappa shape index (κ1) is 18.2. The van der Waals surface area contributed by atoms with Crippen molar-refractivity contribution in [2.45, 2.75) is 57.5 Å². The van der Waals surface area contributed by atoms with Crippen LogP contribution >= 0.6 is 0 Å². The quantitative estimate of drug-likeness (QED) is 0.889. The number of nitrogens with one attached hydrogen (secondary N) is 1. The lowest BCUT2D eigenvalue weighted by Crippen LogP contribution is -2.56. The second-order valence-corrected chi connectivity index (χ2v) is 7.27. The Bertz CT molecular complexity index is 549. The molecule has 0 unspecified atom stereocenters. The van der Waals surface area contributed by atoms with Crippen LogP contribution in [0.3, 0.4) is 0 Å². The molecule has 1 aromatic carbocycles. The Kier molecular flexibility index (Phi) is 6.29. The molecule has 5 heteroatoms. The normalized spacial score (nSPS) is 21.1. The molecule has 1 aliphatic carbocycles. The lowest BCUT2D eigenvalue weighted by molar-refractivity contribution is -0.127. The number of halogens is 1. The largest absolute Gasteiger partial charge is 0.369 e. The summed E-state index contributed by atoms with van der Waals surface area (Å²) < 4.78 is 13.1. The highest BCUT2D eigenvalue weighted by molar-refractivity contribution is 5.82. The molecule has 0 spiro atoms. The molecular weight excluding hydrogens is 317 g/mol. The third-order valence-corrected chi connectivity index (χ3v) is 5.59. The Hall–Kier alpha value is -1.62. The Morgan fingerprint density at radius 3 is 2.36 bits per heavy atom. The molecular formula is C20H30FN3O. The number of rotatable bonds is 5. The van der Waals surface area contributed by atoms with E-state index in [1.807, 2.05) is 12.1 Å². The van der Waals surface area contributed by atoms with E-state index in [0.717, 1.165) is 51.1 Å². The molecule has 1 aliphatic heterocycles. The minimum Gasteiger partial charge on any atom is -0.369 e. The standard InChI is InChI=1S/C20H30FN3O/c1-2-19(20(25)22-17-6-4-3-5-7-17)24-14-12-23(13-15-24)18-10-8-16(21)9-11-18/h8-11,17,19H,2-7,12-15H2,1H3,(H,22,25)/t19-/m1/s1. The molecule has 0 radical (unpaired) electrons. The molecule has 2 fully saturated rings. The average Bonchev–Trinajstić information content (AvgIpc) is 2.64. The minimum absolute atomic E-state index is 0.0303. The van der Waals surface area contributed by atoms with Crippen LogP contribution in [-0.4, -0.2) is 49.1 Å². The van der Waals surface area contributed by atoms with Gasteiger partial charge in [0.2, 0.25) is 5.91 Å². The Morgan fingerprint density at radius 1 is 1.12 bits per heavy atom. The first-order chi connectivity index (χ1) is 12.2. The number of hydrogen-bond donors (Lipinski definition) is 1. The van der Waals surface area contributed by atoms with Crippen molar-refractivity contribution >= 4 is 11.6 Å². The van der Waals surface area contributed by atoms with Gasteiger partial charge in [0.1, 0.15) is 5.82 Å². The fourth-order valence-corrected chi connectivity index (χ4v) is 4.10. The highest BCUT2D eigenvalue weighted by Gasteiger charge is 2.29. The van der Waals surface area contributed by atoms with Gasteiger partial charge in [-0.3, -0.25) is 9.69 Å². The molecule has 4 nitrogen and oxygen atoms in total. The predicted molar refractivity (Wildman–Crippen MR) is 99.3 cm³/mol. The molecule has 25 heavy (non-hydrogen) atoms. The third-order valence-electron chi connectivity index (χ3n) is 5.59. The maximum absolute atomic E-state index is 13.1. The van der Waals surface area contributed by atoms with E-state index >= 15 is 0 Å². The number of anilines is 1. The van der Waals surface area contributed by atoms with Gasteiger partial charge in [-0.2, -0.15) is 0 Å². The van der Waals surface area contributed by atoms with Crippen LogP contribution in [0.1, 0.15) is 45.4 Å². The van der Waals surface area contributed by atoms with Crippen molar-refractivity contribution in [3.05, 3.63) is 30.1 Å². The Morgan fingerprint density at radius 2 is 1.76 bits per heavy atom. The van der Waals surface area contributed by atoms with E-state index < -0.39 is 0 Å². The molecule has 138 valence electrons. The molecule has 1 saturated heterocycles. The minimum atomic E-state index is -0.201. The number of benzene rings is 1. The predicted octanol–water partition coefficient (Wildman–Crippen LogP) is 3.18. The molecule has 1 atom stereocenters. The number of carbonyl (C=O) groups excluding carboxylic acids is 1. The summed E-state index contributed by atoms with van der Waals surface area (Å²) in [5.41, 5.74) is 1.06. The monoisotopic (exact) mass is 347 g/mol. The fourth-order valence-electron chi connectivity index (χ4n) is 4.10. The van der Waals surface area contributed by atoms with E-state index in [4.69, 9.17) is 0 Å². The van der Waals surface area contributed by atoms with Crippen LogP contribution in [0.2, 0.25) is 0 Å². The molecule has 0 aromatic heterocycles. The number of carbonyl (C=O) groups is 1. The summed E-state index contributed by atoms with van der Waals surface area (Å²) in [5.74, 6) is -0.00236. The first-order valence-electron chi connectivity index (χ1n) is 9.72. The summed E-state index contributed by atoms with van der Waals surface area (Å²) in [4.78, 5) is 17.3. The third kappa shape index (κ3) is 4.72. The van der Waals surface area contributed by atoms with Gasteiger partial charge in [0.15, 0.2) is 0 Å². The van der Waals surface area contributed by atoms with Crippen molar-refractivity contribution in [2.75, 3.05) is 31.1 Å². The second kappa shape index (κ2) is 8.65. The van der Waals surface area contributed by atoms with Crippen LogP contribution in [0.5, 0.6) is 0 Å². The zero-order valence-corrected chi connectivity index (χ0v) is 15.2.